The monoisotopic (exact) mass is 314 g/mol. The number of benzene rings is 3. The largest absolute Gasteiger partial charge is 0.0645 e. The highest BCUT2D eigenvalue weighted by atomic mass is 14.3. The van der Waals surface area contributed by atoms with Gasteiger partial charge in [-0.2, -0.15) is 0 Å². The van der Waals surface area contributed by atoms with E-state index in [1.54, 1.807) is 0 Å². The molecule has 0 N–H and O–H groups in total. The molecule has 0 aliphatic carbocycles. The second kappa shape index (κ2) is 7.49. The molecule has 0 nitrogen and oxygen atoms in total. The van der Waals surface area contributed by atoms with Crippen LogP contribution in [0, 0.1) is 0 Å². The average Bonchev–Trinajstić information content (AvgIpc) is 2.68. The lowest BCUT2D eigenvalue weighted by molar-refractivity contribution is 0.397. The van der Waals surface area contributed by atoms with Gasteiger partial charge in [0.2, 0.25) is 0 Å². The number of rotatable bonds is 6. The Morgan fingerprint density at radius 1 is 0.667 bits per heavy atom. The minimum absolute atomic E-state index is 0.164. The summed E-state index contributed by atoms with van der Waals surface area (Å²) in [4.78, 5) is 0. The van der Waals surface area contributed by atoms with Crippen molar-refractivity contribution < 1.29 is 0 Å². The fourth-order valence-corrected chi connectivity index (χ4v) is 3.56. The molecule has 3 aromatic rings. The molecular formula is C24H26. The van der Waals surface area contributed by atoms with Crippen LogP contribution in [-0.4, -0.2) is 0 Å². The number of hydrogen-bond acceptors (Lipinski definition) is 0. The minimum Gasteiger partial charge on any atom is -0.0645 e. The molecule has 24 heavy (non-hydrogen) atoms. The zero-order valence-corrected chi connectivity index (χ0v) is 14.7. The van der Waals surface area contributed by atoms with Crippen molar-refractivity contribution in [3.8, 4) is 0 Å². The van der Waals surface area contributed by atoms with Gasteiger partial charge in [0.25, 0.3) is 0 Å². The lowest BCUT2D eigenvalue weighted by Crippen LogP contribution is -2.24. The third-order valence-electron chi connectivity index (χ3n) is 5.31. The summed E-state index contributed by atoms with van der Waals surface area (Å²) in [6.45, 7) is 4.71. The first-order valence-corrected chi connectivity index (χ1v) is 8.88. The van der Waals surface area contributed by atoms with E-state index in [9.17, 15) is 0 Å². The van der Waals surface area contributed by atoms with E-state index in [2.05, 4.69) is 105 Å². The molecule has 3 rings (SSSR count). The van der Waals surface area contributed by atoms with E-state index in [1.807, 2.05) is 0 Å². The Hall–Kier alpha value is -2.34. The van der Waals surface area contributed by atoms with Gasteiger partial charge < -0.3 is 0 Å². The molecule has 0 fully saturated rings. The molecule has 0 aromatic heterocycles. The Balaban J connectivity index is 2.00. The summed E-state index contributed by atoms with van der Waals surface area (Å²) in [5, 5.41) is 0. The van der Waals surface area contributed by atoms with Crippen molar-refractivity contribution in [2.45, 2.75) is 38.0 Å². The Kier molecular flexibility index (Phi) is 5.15. The molecule has 0 amide bonds. The SMILES string of the molecule is CC[C@@](C)(CC(c1ccccc1)c1ccccc1)c1ccccc1. The molecule has 1 atom stereocenters. The Bertz CT molecular complexity index is 691. The van der Waals surface area contributed by atoms with Crippen LogP contribution in [0.15, 0.2) is 91.0 Å². The molecule has 0 aliphatic rings. The van der Waals surface area contributed by atoms with Gasteiger partial charge in [-0.05, 0) is 34.9 Å². The molecule has 0 unspecified atom stereocenters. The van der Waals surface area contributed by atoms with Gasteiger partial charge in [0.15, 0.2) is 0 Å². The fraction of sp³-hybridized carbons (Fsp3) is 0.250. The van der Waals surface area contributed by atoms with E-state index in [0.717, 1.165) is 12.8 Å². The van der Waals surface area contributed by atoms with E-state index >= 15 is 0 Å². The molecular weight excluding hydrogens is 288 g/mol. The molecule has 0 heteroatoms. The molecule has 122 valence electrons. The molecule has 0 saturated carbocycles. The Labute approximate surface area is 146 Å². The van der Waals surface area contributed by atoms with Crippen LogP contribution in [0.3, 0.4) is 0 Å². The molecule has 3 aromatic carbocycles. The summed E-state index contributed by atoms with van der Waals surface area (Å²) in [5.74, 6) is 0.414. The third kappa shape index (κ3) is 3.59. The maximum atomic E-state index is 2.40. The molecule has 0 spiro atoms. The first-order valence-electron chi connectivity index (χ1n) is 8.88. The third-order valence-corrected chi connectivity index (χ3v) is 5.31. The van der Waals surface area contributed by atoms with Gasteiger partial charge in [-0.25, -0.2) is 0 Å². The van der Waals surface area contributed by atoms with Crippen molar-refractivity contribution in [3.05, 3.63) is 108 Å². The summed E-state index contributed by atoms with van der Waals surface area (Å²) in [7, 11) is 0. The van der Waals surface area contributed by atoms with Gasteiger partial charge >= 0.3 is 0 Å². The molecule has 0 radical (unpaired) electrons. The van der Waals surface area contributed by atoms with Gasteiger partial charge in [0, 0.05) is 5.92 Å². The predicted octanol–water partition coefficient (Wildman–Crippen LogP) is 6.58. The van der Waals surface area contributed by atoms with Gasteiger partial charge in [-0.3, -0.25) is 0 Å². The second-order valence-electron chi connectivity index (χ2n) is 6.86. The van der Waals surface area contributed by atoms with Gasteiger partial charge in [-0.15, -0.1) is 0 Å². The van der Waals surface area contributed by atoms with Crippen molar-refractivity contribution >= 4 is 0 Å². The molecule has 0 bridgehead atoms. The van der Waals surface area contributed by atoms with E-state index in [-0.39, 0.29) is 5.41 Å². The van der Waals surface area contributed by atoms with Crippen LogP contribution < -0.4 is 0 Å². The minimum atomic E-state index is 0.164. The molecule has 0 heterocycles. The highest BCUT2D eigenvalue weighted by Gasteiger charge is 2.29. The van der Waals surface area contributed by atoms with Crippen molar-refractivity contribution in [2.24, 2.45) is 0 Å². The second-order valence-corrected chi connectivity index (χ2v) is 6.86. The smallest absolute Gasteiger partial charge is 0.00977 e. The maximum Gasteiger partial charge on any atom is 0.00977 e. The first-order chi connectivity index (χ1) is 11.7. The quantitative estimate of drug-likeness (QED) is 0.482. The summed E-state index contributed by atoms with van der Waals surface area (Å²) in [6.07, 6.45) is 2.24. The lowest BCUT2D eigenvalue weighted by atomic mass is 9.70. The molecule has 0 saturated heterocycles. The Morgan fingerprint density at radius 2 is 1.08 bits per heavy atom. The normalized spacial score (nSPS) is 13.6. The zero-order chi connectivity index (χ0) is 16.8. The van der Waals surface area contributed by atoms with E-state index < -0.39 is 0 Å². The summed E-state index contributed by atoms with van der Waals surface area (Å²) < 4.78 is 0. The number of hydrogen-bond donors (Lipinski definition) is 0. The predicted molar refractivity (Wildman–Crippen MR) is 103 cm³/mol. The van der Waals surface area contributed by atoms with Crippen LogP contribution >= 0.6 is 0 Å². The topological polar surface area (TPSA) is 0 Å². The fourth-order valence-electron chi connectivity index (χ4n) is 3.56. The van der Waals surface area contributed by atoms with Gasteiger partial charge in [0.1, 0.15) is 0 Å². The summed E-state index contributed by atoms with van der Waals surface area (Å²) >= 11 is 0. The first kappa shape index (κ1) is 16.5. The van der Waals surface area contributed by atoms with E-state index in [0.29, 0.717) is 5.92 Å². The maximum absolute atomic E-state index is 2.40. The Morgan fingerprint density at radius 3 is 1.50 bits per heavy atom. The summed E-state index contributed by atoms with van der Waals surface area (Å²) in [6, 6.07) is 32.8. The average molecular weight is 314 g/mol. The zero-order valence-electron chi connectivity index (χ0n) is 14.7. The van der Waals surface area contributed by atoms with Crippen molar-refractivity contribution in [3.63, 3.8) is 0 Å². The van der Waals surface area contributed by atoms with E-state index in [4.69, 9.17) is 0 Å². The van der Waals surface area contributed by atoms with Crippen LogP contribution in [0.4, 0.5) is 0 Å². The van der Waals surface area contributed by atoms with E-state index in [1.165, 1.54) is 16.7 Å². The molecule has 0 aliphatic heterocycles. The highest BCUT2D eigenvalue weighted by Crippen LogP contribution is 2.40. The van der Waals surface area contributed by atoms with Crippen LogP contribution in [0.25, 0.3) is 0 Å². The van der Waals surface area contributed by atoms with Crippen LogP contribution in [0.1, 0.15) is 49.3 Å². The van der Waals surface area contributed by atoms with Crippen molar-refractivity contribution in [2.75, 3.05) is 0 Å². The highest BCUT2D eigenvalue weighted by molar-refractivity contribution is 5.35. The van der Waals surface area contributed by atoms with Crippen LogP contribution in [-0.2, 0) is 5.41 Å². The van der Waals surface area contributed by atoms with Crippen molar-refractivity contribution in [1.82, 2.24) is 0 Å². The lowest BCUT2D eigenvalue weighted by Gasteiger charge is -2.34. The van der Waals surface area contributed by atoms with Crippen molar-refractivity contribution in [1.29, 1.82) is 0 Å². The van der Waals surface area contributed by atoms with Crippen LogP contribution in [0.2, 0.25) is 0 Å². The van der Waals surface area contributed by atoms with Gasteiger partial charge in [0.05, 0.1) is 0 Å². The standard InChI is InChI=1S/C24H26/c1-3-24(2,22-17-11-6-12-18-22)19-23(20-13-7-4-8-14-20)21-15-9-5-10-16-21/h4-18,23H,3,19H2,1-2H3/t24-/m0/s1. The summed E-state index contributed by atoms with van der Waals surface area (Å²) in [5.41, 5.74) is 4.40. The van der Waals surface area contributed by atoms with Gasteiger partial charge in [-0.1, -0.05) is 105 Å². The van der Waals surface area contributed by atoms with Crippen LogP contribution in [0.5, 0.6) is 0 Å².